The second-order valence-corrected chi connectivity index (χ2v) is 4.13. The molecule has 0 aliphatic carbocycles. The van der Waals surface area contributed by atoms with E-state index in [-0.39, 0.29) is 5.69 Å². The van der Waals surface area contributed by atoms with Crippen molar-refractivity contribution >= 4 is 11.9 Å². The van der Waals surface area contributed by atoms with Crippen LogP contribution in [0.2, 0.25) is 0 Å². The zero-order chi connectivity index (χ0) is 12.1. The highest BCUT2D eigenvalue weighted by Gasteiger charge is 2.10. The highest BCUT2D eigenvalue weighted by Crippen LogP contribution is 2.11. The molecule has 5 nitrogen and oxygen atoms in total. The van der Waals surface area contributed by atoms with E-state index in [9.17, 15) is 10.1 Å². The number of benzene rings is 1. The van der Waals surface area contributed by atoms with Gasteiger partial charge in [-0.2, -0.15) is 0 Å². The van der Waals surface area contributed by atoms with E-state index in [0.717, 1.165) is 31.5 Å². The maximum atomic E-state index is 10.5. The molecule has 1 aliphatic heterocycles. The Balaban J connectivity index is 1.98. The Labute approximate surface area is 99.7 Å². The molecule has 17 heavy (non-hydrogen) atoms. The molecule has 5 heteroatoms. The van der Waals surface area contributed by atoms with E-state index in [1.54, 1.807) is 18.3 Å². The molecule has 90 valence electrons. The first kappa shape index (κ1) is 11.7. The van der Waals surface area contributed by atoms with E-state index in [0.29, 0.717) is 6.04 Å². The molecular weight excluding hydrogens is 218 g/mol. The van der Waals surface area contributed by atoms with Crippen LogP contribution >= 0.6 is 0 Å². The first-order valence-corrected chi connectivity index (χ1v) is 5.74. The lowest BCUT2D eigenvalue weighted by Gasteiger charge is -2.18. The number of hydrogen-bond donors (Lipinski definition) is 1. The van der Waals surface area contributed by atoms with Crippen molar-refractivity contribution in [1.29, 1.82) is 0 Å². The summed E-state index contributed by atoms with van der Waals surface area (Å²) in [6, 6.07) is 6.77. The molecule has 0 radical (unpaired) electrons. The molecule has 0 amide bonds. The van der Waals surface area contributed by atoms with Gasteiger partial charge in [0.25, 0.3) is 5.69 Å². The molecule has 2 rings (SSSR count). The van der Waals surface area contributed by atoms with Crippen LogP contribution in [0.1, 0.15) is 18.4 Å². The smallest absolute Gasteiger partial charge is 0.269 e. The number of nitrogens with one attached hydrogen (secondary N) is 1. The second-order valence-electron chi connectivity index (χ2n) is 4.13. The summed E-state index contributed by atoms with van der Waals surface area (Å²) in [5, 5.41) is 13.8. The fourth-order valence-electron chi connectivity index (χ4n) is 1.83. The Bertz CT molecular complexity index is 408. The maximum absolute atomic E-state index is 10.5. The molecule has 0 saturated carbocycles. The van der Waals surface area contributed by atoms with Gasteiger partial charge in [-0.15, -0.1) is 0 Å². The molecule has 1 fully saturated rings. The normalized spacial score (nSPS) is 20.6. The van der Waals surface area contributed by atoms with Crippen molar-refractivity contribution in [1.82, 2.24) is 5.32 Å². The van der Waals surface area contributed by atoms with Gasteiger partial charge < -0.3 is 5.32 Å². The molecule has 0 aromatic heterocycles. The van der Waals surface area contributed by atoms with Gasteiger partial charge in [0.05, 0.1) is 11.0 Å². The van der Waals surface area contributed by atoms with Gasteiger partial charge >= 0.3 is 0 Å². The number of non-ortho nitro benzene ring substituents is 1. The Hall–Kier alpha value is -1.75. The third-order valence-corrected chi connectivity index (χ3v) is 2.81. The Morgan fingerprint density at radius 2 is 2.18 bits per heavy atom. The van der Waals surface area contributed by atoms with Crippen LogP contribution in [0, 0.1) is 10.1 Å². The lowest BCUT2D eigenvalue weighted by Crippen LogP contribution is -2.32. The molecule has 0 spiro atoms. The standard InChI is InChI=1S/C12H15N3O2/c16-15(17)12-5-3-10(4-6-12)8-14-11-2-1-7-13-9-11/h3-6,8,11,13H,1-2,7,9H2/t11-/m1/s1. The molecule has 0 unspecified atom stereocenters. The van der Waals surface area contributed by atoms with Crippen LogP contribution in [0.4, 0.5) is 5.69 Å². The number of piperidine rings is 1. The van der Waals surface area contributed by atoms with Gasteiger partial charge in [-0.3, -0.25) is 15.1 Å². The van der Waals surface area contributed by atoms with Gasteiger partial charge in [-0.05, 0) is 37.1 Å². The van der Waals surface area contributed by atoms with Crippen LogP contribution in [0.25, 0.3) is 0 Å². The number of nitro groups is 1. The Morgan fingerprint density at radius 1 is 1.41 bits per heavy atom. The molecule has 1 atom stereocenters. The largest absolute Gasteiger partial charge is 0.315 e. The minimum absolute atomic E-state index is 0.112. The molecule has 1 aromatic carbocycles. The summed E-state index contributed by atoms with van der Waals surface area (Å²) in [6.45, 7) is 1.99. The first-order chi connectivity index (χ1) is 8.25. The SMILES string of the molecule is O=[N+]([O-])c1ccc(C=N[C@@H]2CCCNC2)cc1. The van der Waals surface area contributed by atoms with E-state index in [4.69, 9.17) is 0 Å². The first-order valence-electron chi connectivity index (χ1n) is 5.74. The number of nitrogens with zero attached hydrogens (tertiary/aromatic N) is 2. The molecule has 1 N–H and O–H groups in total. The van der Waals surface area contributed by atoms with Crippen molar-refractivity contribution in [2.75, 3.05) is 13.1 Å². The van der Waals surface area contributed by atoms with E-state index in [1.165, 1.54) is 12.1 Å². The van der Waals surface area contributed by atoms with Gasteiger partial charge in [-0.25, -0.2) is 0 Å². The van der Waals surface area contributed by atoms with E-state index in [1.807, 2.05) is 0 Å². The summed E-state index contributed by atoms with van der Waals surface area (Å²) in [5.74, 6) is 0. The highest BCUT2D eigenvalue weighted by molar-refractivity contribution is 5.80. The van der Waals surface area contributed by atoms with Gasteiger partial charge in [0, 0.05) is 24.9 Å². The summed E-state index contributed by atoms with van der Waals surface area (Å²) in [6.07, 6.45) is 4.06. The lowest BCUT2D eigenvalue weighted by molar-refractivity contribution is -0.384. The molecule has 1 heterocycles. The summed E-state index contributed by atoms with van der Waals surface area (Å²) in [4.78, 5) is 14.6. The maximum Gasteiger partial charge on any atom is 0.269 e. The fourth-order valence-corrected chi connectivity index (χ4v) is 1.83. The average Bonchev–Trinajstić information content (AvgIpc) is 2.38. The fraction of sp³-hybridized carbons (Fsp3) is 0.417. The highest BCUT2D eigenvalue weighted by atomic mass is 16.6. The average molecular weight is 233 g/mol. The number of nitro benzene ring substituents is 1. The van der Waals surface area contributed by atoms with Crippen LogP contribution in [0.5, 0.6) is 0 Å². The minimum atomic E-state index is -0.397. The quantitative estimate of drug-likeness (QED) is 0.491. The van der Waals surface area contributed by atoms with Gasteiger partial charge in [0.15, 0.2) is 0 Å². The monoisotopic (exact) mass is 233 g/mol. The molecule has 1 saturated heterocycles. The summed E-state index contributed by atoms with van der Waals surface area (Å²) in [7, 11) is 0. The zero-order valence-corrected chi connectivity index (χ0v) is 9.50. The molecule has 1 aliphatic rings. The zero-order valence-electron chi connectivity index (χ0n) is 9.50. The second kappa shape index (κ2) is 5.54. The third-order valence-electron chi connectivity index (χ3n) is 2.81. The number of rotatable bonds is 3. The lowest BCUT2D eigenvalue weighted by atomic mass is 10.1. The van der Waals surface area contributed by atoms with Crippen molar-refractivity contribution in [2.24, 2.45) is 4.99 Å². The minimum Gasteiger partial charge on any atom is -0.315 e. The van der Waals surface area contributed by atoms with Crippen molar-refractivity contribution in [3.63, 3.8) is 0 Å². The Morgan fingerprint density at radius 3 is 2.76 bits per heavy atom. The molecular formula is C12H15N3O2. The van der Waals surface area contributed by atoms with E-state index in [2.05, 4.69) is 10.3 Å². The van der Waals surface area contributed by atoms with Crippen LogP contribution < -0.4 is 5.32 Å². The van der Waals surface area contributed by atoms with E-state index >= 15 is 0 Å². The Kier molecular flexibility index (Phi) is 3.82. The predicted molar refractivity (Wildman–Crippen MR) is 66.6 cm³/mol. The van der Waals surface area contributed by atoms with Crippen LogP contribution in [-0.4, -0.2) is 30.3 Å². The summed E-state index contributed by atoms with van der Waals surface area (Å²) in [5.41, 5.74) is 1.02. The molecule has 0 bridgehead atoms. The number of hydrogen-bond acceptors (Lipinski definition) is 4. The predicted octanol–water partition coefficient (Wildman–Crippen LogP) is 1.77. The topological polar surface area (TPSA) is 67.5 Å². The number of aliphatic imine (C=N–C) groups is 1. The van der Waals surface area contributed by atoms with Crippen molar-refractivity contribution in [3.05, 3.63) is 39.9 Å². The van der Waals surface area contributed by atoms with E-state index < -0.39 is 4.92 Å². The van der Waals surface area contributed by atoms with Gasteiger partial charge in [-0.1, -0.05) is 0 Å². The van der Waals surface area contributed by atoms with Crippen LogP contribution in [-0.2, 0) is 0 Å². The van der Waals surface area contributed by atoms with Crippen molar-refractivity contribution in [2.45, 2.75) is 18.9 Å². The molecule has 1 aromatic rings. The van der Waals surface area contributed by atoms with Gasteiger partial charge in [0.1, 0.15) is 0 Å². The summed E-state index contributed by atoms with van der Waals surface area (Å²) >= 11 is 0. The van der Waals surface area contributed by atoms with Crippen LogP contribution in [0.3, 0.4) is 0 Å². The van der Waals surface area contributed by atoms with Crippen molar-refractivity contribution < 1.29 is 4.92 Å². The van der Waals surface area contributed by atoms with Crippen molar-refractivity contribution in [3.8, 4) is 0 Å². The summed E-state index contributed by atoms with van der Waals surface area (Å²) < 4.78 is 0. The third kappa shape index (κ3) is 3.35. The van der Waals surface area contributed by atoms with Crippen LogP contribution in [0.15, 0.2) is 29.3 Å². The van der Waals surface area contributed by atoms with Gasteiger partial charge in [0.2, 0.25) is 0 Å².